The summed E-state index contributed by atoms with van der Waals surface area (Å²) in [5.74, 6) is 2.05. The fourth-order valence-electron chi connectivity index (χ4n) is 2.51. The van der Waals surface area contributed by atoms with Crippen molar-refractivity contribution in [2.24, 2.45) is 0 Å². The normalized spacial score (nSPS) is 14.6. The molecule has 0 N–H and O–H groups in total. The van der Waals surface area contributed by atoms with Gasteiger partial charge in [0.2, 0.25) is 11.8 Å². The van der Waals surface area contributed by atoms with Crippen molar-refractivity contribution in [3.8, 4) is 0 Å². The van der Waals surface area contributed by atoms with E-state index in [0.717, 1.165) is 12.4 Å². The Labute approximate surface area is 119 Å². The molecule has 0 bridgehead atoms. The summed E-state index contributed by atoms with van der Waals surface area (Å²) in [5.41, 5.74) is 3.78. The molecule has 20 heavy (non-hydrogen) atoms. The zero-order valence-corrected chi connectivity index (χ0v) is 12.4. The second kappa shape index (κ2) is 5.27. The van der Waals surface area contributed by atoms with Crippen LogP contribution in [0.4, 0.5) is 5.69 Å². The molecule has 0 saturated heterocycles. The van der Waals surface area contributed by atoms with Crippen LogP contribution in [-0.2, 0) is 6.54 Å². The Morgan fingerprint density at radius 3 is 2.45 bits per heavy atom. The lowest BCUT2D eigenvalue weighted by molar-refractivity contribution is 0.447. The maximum atomic E-state index is 5.76. The zero-order valence-electron chi connectivity index (χ0n) is 12.4. The molecule has 4 nitrogen and oxygen atoms in total. The van der Waals surface area contributed by atoms with Crippen LogP contribution in [0.25, 0.3) is 0 Å². The molecule has 0 unspecified atom stereocenters. The van der Waals surface area contributed by atoms with Crippen LogP contribution in [0.5, 0.6) is 0 Å². The van der Waals surface area contributed by atoms with Crippen LogP contribution in [0.3, 0.4) is 0 Å². The Morgan fingerprint density at radius 1 is 1.15 bits per heavy atom. The first-order valence-corrected chi connectivity index (χ1v) is 7.31. The van der Waals surface area contributed by atoms with Gasteiger partial charge in [0.15, 0.2) is 0 Å². The monoisotopic (exact) mass is 271 g/mol. The third kappa shape index (κ3) is 2.84. The van der Waals surface area contributed by atoms with Crippen molar-refractivity contribution in [2.45, 2.75) is 46.1 Å². The molecule has 1 aliphatic carbocycles. The maximum Gasteiger partial charge on any atom is 0.235 e. The molecule has 1 aromatic heterocycles. The predicted octanol–water partition coefficient (Wildman–Crippen LogP) is 3.59. The summed E-state index contributed by atoms with van der Waals surface area (Å²) in [6.45, 7) is 8.00. The van der Waals surface area contributed by atoms with Crippen LogP contribution in [0.2, 0.25) is 0 Å². The van der Waals surface area contributed by atoms with Gasteiger partial charge in [-0.05, 0) is 56.9 Å². The lowest BCUT2D eigenvalue weighted by Gasteiger charge is -2.22. The van der Waals surface area contributed by atoms with Gasteiger partial charge in [-0.25, -0.2) is 0 Å². The standard InChI is InChI=1S/C16H21N3O/c1-4-19(14-8-11(2)7-12(3)9-14)10-15-17-18-16(20-15)13-5-6-13/h7-9,13H,4-6,10H2,1-3H3. The van der Waals surface area contributed by atoms with Gasteiger partial charge in [-0.1, -0.05) is 6.07 Å². The van der Waals surface area contributed by atoms with Crippen LogP contribution < -0.4 is 4.90 Å². The summed E-state index contributed by atoms with van der Waals surface area (Å²) in [5, 5.41) is 8.33. The molecule has 1 saturated carbocycles. The summed E-state index contributed by atoms with van der Waals surface area (Å²) in [6, 6.07) is 6.60. The fourth-order valence-corrected chi connectivity index (χ4v) is 2.51. The van der Waals surface area contributed by atoms with Crippen molar-refractivity contribution in [3.05, 3.63) is 41.1 Å². The molecule has 106 valence electrons. The van der Waals surface area contributed by atoms with E-state index in [4.69, 9.17) is 4.42 Å². The number of hydrogen-bond acceptors (Lipinski definition) is 4. The highest BCUT2D eigenvalue weighted by Crippen LogP contribution is 2.39. The molecule has 0 spiro atoms. The number of aromatic nitrogens is 2. The number of hydrogen-bond donors (Lipinski definition) is 0. The smallest absolute Gasteiger partial charge is 0.235 e. The van der Waals surface area contributed by atoms with Crippen LogP contribution in [0, 0.1) is 13.8 Å². The average molecular weight is 271 g/mol. The molecule has 0 atom stereocenters. The minimum Gasteiger partial charge on any atom is -0.423 e. The number of nitrogens with zero attached hydrogens (tertiary/aromatic N) is 3. The Balaban J connectivity index is 1.78. The maximum absolute atomic E-state index is 5.76. The number of anilines is 1. The number of aryl methyl sites for hydroxylation is 2. The van der Waals surface area contributed by atoms with Crippen LogP contribution in [0.15, 0.2) is 22.6 Å². The van der Waals surface area contributed by atoms with Crippen molar-refractivity contribution in [1.82, 2.24) is 10.2 Å². The highest BCUT2D eigenvalue weighted by Gasteiger charge is 2.29. The van der Waals surface area contributed by atoms with Gasteiger partial charge in [0.05, 0.1) is 6.54 Å². The van der Waals surface area contributed by atoms with E-state index in [1.54, 1.807) is 0 Å². The van der Waals surface area contributed by atoms with E-state index in [1.807, 2.05) is 0 Å². The first-order valence-electron chi connectivity index (χ1n) is 7.31. The van der Waals surface area contributed by atoms with Crippen LogP contribution >= 0.6 is 0 Å². The van der Waals surface area contributed by atoms with E-state index in [-0.39, 0.29) is 0 Å². The summed E-state index contributed by atoms with van der Waals surface area (Å²) >= 11 is 0. The third-order valence-electron chi connectivity index (χ3n) is 3.69. The molecule has 0 radical (unpaired) electrons. The summed E-state index contributed by atoms with van der Waals surface area (Å²) in [4.78, 5) is 2.27. The number of rotatable bonds is 5. The first kappa shape index (κ1) is 13.2. The van der Waals surface area contributed by atoms with E-state index < -0.39 is 0 Å². The molecule has 1 aromatic carbocycles. The minimum atomic E-state index is 0.521. The SMILES string of the molecule is CCN(Cc1nnc(C2CC2)o1)c1cc(C)cc(C)c1. The quantitative estimate of drug-likeness (QED) is 0.833. The molecule has 1 aliphatic rings. The second-order valence-corrected chi connectivity index (χ2v) is 5.67. The third-order valence-corrected chi connectivity index (χ3v) is 3.69. The van der Waals surface area contributed by atoms with Gasteiger partial charge in [0.25, 0.3) is 0 Å². The number of benzene rings is 1. The molecule has 1 heterocycles. The Morgan fingerprint density at radius 2 is 1.85 bits per heavy atom. The second-order valence-electron chi connectivity index (χ2n) is 5.67. The van der Waals surface area contributed by atoms with E-state index in [2.05, 4.69) is 54.1 Å². The van der Waals surface area contributed by atoms with Gasteiger partial charge in [0.1, 0.15) is 0 Å². The lowest BCUT2D eigenvalue weighted by Crippen LogP contribution is -2.22. The summed E-state index contributed by atoms with van der Waals surface area (Å²) in [7, 11) is 0. The minimum absolute atomic E-state index is 0.521. The van der Waals surface area contributed by atoms with E-state index in [1.165, 1.54) is 29.7 Å². The molecule has 0 amide bonds. The Bertz CT molecular complexity index is 581. The predicted molar refractivity (Wildman–Crippen MR) is 78.9 cm³/mol. The van der Waals surface area contributed by atoms with Gasteiger partial charge >= 0.3 is 0 Å². The van der Waals surface area contributed by atoms with E-state index in [9.17, 15) is 0 Å². The van der Waals surface area contributed by atoms with Crippen molar-refractivity contribution in [2.75, 3.05) is 11.4 Å². The largest absolute Gasteiger partial charge is 0.423 e. The molecule has 2 aromatic rings. The highest BCUT2D eigenvalue weighted by atomic mass is 16.4. The Hall–Kier alpha value is -1.84. The molecule has 1 fully saturated rings. The van der Waals surface area contributed by atoms with Crippen LogP contribution in [0.1, 0.15) is 48.6 Å². The molecule has 4 heteroatoms. The highest BCUT2D eigenvalue weighted by molar-refractivity contribution is 5.50. The molecular weight excluding hydrogens is 250 g/mol. The van der Waals surface area contributed by atoms with Crippen molar-refractivity contribution < 1.29 is 4.42 Å². The topological polar surface area (TPSA) is 42.2 Å². The molecule has 3 rings (SSSR count). The molecule has 0 aliphatic heterocycles. The average Bonchev–Trinajstić information content (AvgIpc) is 3.15. The lowest BCUT2D eigenvalue weighted by atomic mass is 10.1. The van der Waals surface area contributed by atoms with Gasteiger partial charge in [-0.3, -0.25) is 0 Å². The summed E-state index contributed by atoms with van der Waals surface area (Å²) in [6.07, 6.45) is 2.38. The fraction of sp³-hybridized carbons (Fsp3) is 0.500. The van der Waals surface area contributed by atoms with E-state index >= 15 is 0 Å². The van der Waals surface area contributed by atoms with Gasteiger partial charge in [-0.2, -0.15) is 0 Å². The first-order chi connectivity index (χ1) is 9.65. The molecular formula is C16H21N3O. The van der Waals surface area contributed by atoms with Crippen LogP contribution in [-0.4, -0.2) is 16.7 Å². The van der Waals surface area contributed by atoms with Gasteiger partial charge in [0, 0.05) is 18.2 Å². The Kier molecular flexibility index (Phi) is 3.47. The van der Waals surface area contributed by atoms with Gasteiger partial charge < -0.3 is 9.32 Å². The van der Waals surface area contributed by atoms with Crippen molar-refractivity contribution >= 4 is 5.69 Å². The summed E-state index contributed by atoms with van der Waals surface area (Å²) < 4.78 is 5.76. The van der Waals surface area contributed by atoms with E-state index in [0.29, 0.717) is 18.4 Å². The van der Waals surface area contributed by atoms with Crippen molar-refractivity contribution in [1.29, 1.82) is 0 Å². The van der Waals surface area contributed by atoms with Gasteiger partial charge in [-0.15, -0.1) is 10.2 Å². The zero-order chi connectivity index (χ0) is 14.1. The van der Waals surface area contributed by atoms with Crippen molar-refractivity contribution in [3.63, 3.8) is 0 Å².